The van der Waals surface area contributed by atoms with Gasteiger partial charge < -0.3 is 18.7 Å². The van der Waals surface area contributed by atoms with Crippen LogP contribution in [0, 0.1) is 13.8 Å². The molecule has 3 rings (SSSR count). The van der Waals surface area contributed by atoms with E-state index in [1.807, 2.05) is 26.0 Å². The predicted molar refractivity (Wildman–Crippen MR) is 118 cm³/mol. The van der Waals surface area contributed by atoms with E-state index >= 15 is 0 Å². The van der Waals surface area contributed by atoms with Gasteiger partial charge in [-0.3, -0.25) is 0 Å². The molecule has 1 heterocycles. The van der Waals surface area contributed by atoms with Crippen molar-refractivity contribution in [2.24, 2.45) is 0 Å². The quantitative estimate of drug-likeness (QED) is 0.465. The van der Waals surface area contributed by atoms with Crippen molar-refractivity contribution >= 4 is 5.97 Å². The number of hydrogen-bond acceptors (Lipinski definition) is 6. The molecule has 2 aromatic carbocycles. The zero-order valence-electron chi connectivity index (χ0n) is 18.9. The van der Waals surface area contributed by atoms with Gasteiger partial charge in [0.15, 0.2) is 11.5 Å². The average molecular weight is 424 g/mol. The van der Waals surface area contributed by atoms with Crippen molar-refractivity contribution in [3.05, 3.63) is 76.2 Å². The van der Waals surface area contributed by atoms with E-state index in [4.69, 9.17) is 18.7 Å². The van der Waals surface area contributed by atoms with E-state index < -0.39 is 5.97 Å². The Labute approximate surface area is 183 Å². The SMILES string of the molecule is COc1cc(C(=O)OCc2ccc(C(C)(C)C)cc2)ccc1OCc1c(C)noc1C. The fourth-order valence-corrected chi connectivity index (χ4v) is 3.10. The monoisotopic (exact) mass is 423 g/mol. The Hall–Kier alpha value is -3.28. The van der Waals surface area contributed by atoms with E-state index in [1.54, 1.807) is 18.2 Å². The van der Waals surface area contributed by atoms with Gasteiger partial charge in [-0.2, -0.15) is 0 Å². The van der Waals surface area contributed by atoms with Crippen molar-refractivity contribution < 1.29 is 23.5 Å². The van der Waals surface area contributed by atoms with Crippen LogP contribution in [0.25, 0.3) is 0 Å². The highest BCUT2D eigenvalue weighted by molar-refractivity contribution is 5.90. The normalized spacial score (nSPS) is 11.3. The van der Waals surface area contributed by atoms with Gasteiger partial charge in [-0.25, -0.2) is 4.79 Å². The molecule has 0 aliphatic rings. The van der Waals surface area contributed by atoms with Crippen LogP contribution in [0.3, 0.4) is 0 Å². The second kappa shape index (κ2) is 9.25. The van der Waals surface area contributed by atoms with E-state index in [9.17, 15) is 4.79 Å². The molecule has 0 aliphatic heterocycles. The number of carbonyl (C=O) groups is 1. The Morgan fingerprint density at radius 1 is 1.00 bits per heavy atom. The first-order valence-electron chi connectivity index (χ1n) is 10.2. The number of nitrogens with zero attached hydrogens (tertiary/aromatic N) is 1. The van der Waals surface area contributed by atoms with Crippen molar-refractivity contribution in [3.8, 4) is 11.5 Å². The Bertz CT molecular complexity index is 1030. The standard InChI is InChI=1S/C25H29NO5/c1-16-21(17(2)31-26-16)15-29-22-12-9-19(13-23(22)28-6)24(27)30-14-18-7-10-20(11-8-18)25(3,4)5/h7-13H,14-15H2,1-6H3. The molecule has 6 nitrogen and oxygen atoms in total. The van der Waals surface area contributed by atoms with E-state index in [0.717, 1.165) is 16.8 Å². The minimum atomic E-state index is -0.421. The zero-order valence-corrected chi connectivity index (χ0v) is 18.9. The summed E-state index contributed by atoms with van der Waals surface area (Å²) in [6.45, 7) is 10.7. The molecule has 0 N–H and O–H groups in total. The summed E-state index contributed by atoms with van der Waals surface area (Å²) in [4.78, 5) is 12.5. The van der Waals surface area contributed by atoms with E-state index in [2.05, 4.69) is 38.1 Å². The molecule has 0 unspecified atom stereocenters. The minimum absolute atomic E-state index is 0.0844. The van der Waals surface area contributed by atoms with Gasteiger partial charge in [0.2, 0.25) is 0 Å². The molecule has 0 spiro atoms. The molecule has 0 amide bonds. The fraction of sp³-hybridized carbons (Fsp3) is 0.360. The van der Waals surface area contributed by atoms with Crippen LogP contribution < -0.4 is 9.47 Å². The van der Waals surface area contributed by atoms with Crippen molar-refractivity contribution in [2.75, 3.05) is 7.11 Å². The van der Waals surface area contributed by atoms with Gasteiger partial charge >= 0.3 is 5.97 Å². The summed E-state index contributed by atoms with van der Waals surface area (Å²) in [6.07, 6.45) is 0. The maximum absolute atomic E-state index is 12.5. The Morgan fingerprint density at radius 2 is 1.71 bits per heavy atom. The van der Waals surface area contributed by atoms with Gasteiger partial charge in [-0.15, -0.1) is 0 Å². The van der Waals surface area contributed by atoms with Crippen molar-refractivity contribution in [1.29, 1.82) is 0 Å². The highest BCUT2D eigenvalue weighted by Gasteiger charge is 2.16. The molecule has 164 valence electrons. The van der Waals surface area contributed by atoms with Crippen molar-refractivity contribution in [3.63, 3.8) is 0 Å². The van der Waals surface area contributed by atoms with Gasteiger partial charge in [-0.05, 0) is 48.6 Å². The molecular weight excluding hydrogens is 394 g/mol. The van der Waals surface area contributed by atoms with Crippen LogP contribution in [-0.2, 0) is 23.4 Å². The first kappa shape index (κ1) is 22.4. The number of methoxy groups -OCH3 is 1. The third-order valence-electron chi connectivity index (χ3n) is 5.14. The first-order chi connectivity index (χ1) is 14.7. The molecule has 0 bridgehead atoms. The number of aryl methyl sites for hydroxylation is 2. The molecule has 31 heavy (non-hydrogen) atoms. The van der Waals surface area contributed by atoms with Crippen LogP contribution in [0.1, 0.15) is 59.3 Å². The molecule has 0 radical (unpaired) electrons. The number of aromatic nitrogens is 1. The number of benzene rings is 2. The molecule has 0 aliphatic carbocycles. The second-order valence-corrected chi connectivity index (χ2v) is 8.48. The highest BCUT2D eigenvalue weighted by Crippen LogP contribution is 2.30. The van der Waals surface area contributed by atoms with Gasteiger partial charge in [0.25, 0.3) is 0 Å². The fourth-order valence-electron chi connectivity index (χ4n) is 3.10. The van der Waals surface area contributed by atoms with Gasteiger partial charge in [0.1, 0.15) is 19.0 Å². The maximum atomic E-state index is 12.5. The van der Waals surface area contributed by atoms with Gasteiger partial charge in [-0.1, -0.05) is 50.2 Å². The lowest BCUT2D eigenvalue weighted by Crippen LogP contribution is -2.11. The van der Waals surface area contributed by atoms with Crippen LogP contribution in [0.5, 0.6) is 11.5 Å². The molecule has 0 saturated carbocycles. The van der Waals surface area contributed by atoms with E-state index in [1.165, 1.54) is 12.7 Å². The predicted octanol–water partition coefficient (Wildman–Crippen LogP) is 5.53. The van der Waals surface area contributed by atoms with Crippen molar-refractivity contribution in [1.82, 2.24) is 5.16 Å². The average Bonchev–Trinajstić information content (AvgIpc) is 3.07. The molecule has 3 aromatic rings. The first-order valence-corrected chi connectivity index (χ1v) is 10.2. The topological polar surface area (TPSA) is 70.8 Å². The summed E-state index contributed by atoms with van der Waals surface area (Å²) in [5, 5.41) is 3.92. The van der Waals surface area contributed by atoms with E-state index in [0.29, 0.717) is 29.4 Å². The largest absolute Gasteiger partial charge is 0.493 e. The van der Waals surface area contributed by atoms with E-state index in [-0.39, 0.29) is 12.0 Å². The van der Waals surface area contributed by atoms with Gasteiger partial charge in [0.05, 0.1) is 23.9 Å². The van der Waals surface area contributed by atoms with Crippen LogP contribution in [0.4, 0.5) is 0 Å². The molecule has 0 atom stereocenters. The Morgan fingerprint density at radius 3 is 2.29 bits per heavy atom. The molecule has 0 saturated heterocycles. The lowest BCUT2D eigenvalue weighted by molar-refractivity contribution is 0.0472. The highest BCUT2D eigenvalue weighted by atomic mass is 16.5. The van der Waals surface area contributed by atoms with Gasteiger partial charge in [0, 0.05) is 0 Å². The molecule has 0 fully saturated rings. The summed E-state index contributed by atoms with van der Waals surface area (Å²) >= 11 is 0. The number of rotatable bonds is 7. The number of carbonyl (C=O) groups excluding carboxylic acids is 1. The Kier molecular flexibility index (Phi) is 6.68. The lowest BCUT2D eigenvalue weighted by Gasteiger charge is -2.19. The Balaban J connectivity index is 1.63. The summed E-state index contributed by atoms with van der Waals surface area (Å²) < 4.78 is 21.9. The zero-order chi connectivity index (χ0) is 22.6. The summed E-state index contributed by atoms with van der Waals surface area (Å²) in [6, 6.07) is 13.1. The number of ether oxygens (including phenoxy) is 3. The van der Waals surface area contributed by atoms with Crippen LogP contribution in [0.2, 0.25) is 0 Å². The third kappa shape index (κ3) is 5.45. The smallest absolute Gasteiger partial charge is 0.338 e. The van der Waals surface area contributed by atoms with Crippen LogP contribution in [0.15, 0.2) is 47.0 Å². The number of esters is 1. The maximum Gasteiger partial charge on any atom is 0.338 e. The lowest BCUT2D eigenvalue weighted by atomic mass is 9.87. The molecule has 6 heteroatoms. The number of hydrogen-bond donors (Lipinski definition) is 0. The second-order valence-electron chi connectivity index (χ2n) is 8.48. The summed E-state index contributed by atoms with van der Waals surface area (Å²) in [7, 11) is 1.53. The minimum Gasteiger partial charge on any atom is -0.493 e. The van der Waals surface area contributed by atoms with Crippen molar-refractivity contribution in [2.45, 2.75) is 53.2 Å². The van der Waals surface area contributed by atoms with Crippen LogP contribution >= 0.6 is 0 Å². The summed E-state index contributed by atoms with van der Waals surface area (Å²) in [5.41, 5.74) is 4.33. The third-order valence-corrected chi connectivity index (χ3v) is 5.14. The summed E-state index contributed by atoms with van der Waals surface area (Å²) in [5.74, 6) is 1.27. The molecule has 1 aromatic heterocycles. The van der Waals surface area contributed by atoms with Crippen LogP contribution in [-0.4, -0.2) is 18.2 Å². The molecular formula is C25H29NO5.